The fourth-order valence-electron chi connectivity index (χ4n) is 1.48. The van der Waals surface area contributed by atoms with Crippen LogP contribution in [-0.4, -0.2) is 18.3 Å². The van der Waals surface area contributed by atoms with E-state index < -0.39 is 31.1 Å². The van der Waals surface area contributed by atoms with E-state index in [2.05, 4.69) is 31.2 Å². The third-order valence-corrected chi connectivity index (χ3v) is 4.53. The van der Waals surface area contributed by atoms with Crippen molar-refractivity contribution in [2.45, 2.75) is 4.90 Å². The molecule has 118 valence electrons. The molecular weight excluding hydrogens is 390 g/mol. The number of guanidine groups is 1. The van der Waals surface area contributed by atoms with E-state index >= 15 is 0 Å². The lowest BCUT2D eigenvalue weighted by atomic mass is 10.3. The van der Waals surface area contributed by atoms with Crippen LogP contribution in [0, 0.1) is 5.82 Å². The average Bonchev–Trinajstić information content (AvgIpc) is 2.65. The SMILES string of the molecule is NC1=NC(Nc2cc(F)c(Br)c(S(F)(F)(F)(F)F)c2)=NC1. The molecule has 0 aliphatic carbocycles. The third-order valence-electron chi connectivity index (χ3n) is 2.31. The molecule has 0 saturated heterocycles. The summed E-state index contributed by atoms with van der Waals surface area (Å²) in [4.78, 5) is 4.91. The molecule has 3 N–H and O–H groups in total. The predicted molar refractivity (Wildman–Crippen MR) is 73.0 cm³/mol. The molecule has 1 aliphatic heterocycles. The van der Waals surface area contributed by atoms with Crippen LogP contribution >= 0.6 is 26.2 Å². The minimum atomic E-state index is -10.1. The summed E-state index contributed by atoms with van der Waals surface area (Å²) in [6.07, 6.45) is 0. The molecule has 21 heavy (non-hydrogen) atoms. The largest absolute Gasteiger partial charge is 0.385 e. The van der Waals surface area contributed by atoms with E-state index in [1.165, 1.54) is 0 Å². The van der Waals surface area contributed by atoms with Gasteiger partial charge in [0.15, 0.2) is 0 Å². The van der Waals surface area contributed by atoms with Gasteiger partial charge in [-0.15, -0.1) is 0 Å². The zero-order valence-corrected chi connectivity index (χ0v) is 12.3. The van der Waals surface area contributed by atoms with Crippen LogP contribution in [0.4, 0.5) is 29.5 Å². The van der Waals surface area contributed by atoms with E-state index in [0.717, 1.165) is 0 Å². The fourth-order valence-corrected chi connectivity index (χ4v) is 3.41. The Hall–Kier alpha value is -1.43. The quantitative estimate of drug-likeness (QED) is 0.728. The van der Waals surface area contributed by atoms with Crippen molar-refractivity contribution in [3.05, 3.63) is 22.4 Å². The molecule has 1 heterocycles. The van der Waals surface area contributed by atoms with Crippen LogP contribution in [0.2, 0.25) is 0 Å². The molecule has 12 heteroatoms. The van der Waals surface area contributed by atoms with Gasteiger partial charge in [0.1, 0.15) is 23.1 Å². The monoisotopic (exact) mass is 396 g/mol. The first kappa shape index (κ1) is 15.9. The van der Waals surface area contributed by atoms with E-state index in [9.17, 15) is 23.8 Å². The van der Waals surface area contributed by atoms with Crippen molar-refractivity contribution in [1.29, 1.82) is 0 Å². The lowest BCUT2D eigenvalue weighted by molar-refractivity contribution is 0.362. The lowest BCUT2D eigenvalue weighted by Gasteiger charge is -2.41. The molecule has 1 aromatic rings. The van der Waals surface area contributed by atoms with Gasteiger partial charge in [-0.25, -0.2) is 9.38 Å². The molecule has 0 amide bonds. The van der Waals surface area contributed by atoms with E-state index in [1.807, 2.05) is 0 Å². The molecular formula is C9H7BrF6N4S. The summed E-state index contributed by atoms with van der Waals surface area (Å²) in [6, 6.07) is 0.685. The number of aliphatic imine (C=N–C) groups is 2. The van der Waals surface area contributed by atoms with Crippen molar-refractivity contribution in [2.24, 2.45) is 15.7 Å². The topological polar surface area (TPSA) is 62.8 Å². The fraction of sp³-hybridized carbons (Fsp3) is 0.111. The molecule has 0 unspecified atom stereocenters. The van der Waals surface area contributed by atoms with Crippen LogP contribution < -0.4 is 11.1 Å². The number of hydrogen-bond acceptors (Lipinski definition) is 4. The Bertz CT molecular complexity index is 684. The van der Waals surface area contributed by atoms with Gasteiger partial charge in [-0.3, -0.25) is 0 Å². The smallest absolute Gasteiger partial charge is 0.311 e. The molecule has 1 aromatic carbocycles. The molecule has 0 saturated carbocycles. The van der Waals surface area contributed by atoms with Crippen LogP contribution in [0.15, 0.2) is 31.5 Å². The van der Waals surface area contributed by atoms with Crippen molar-refractivity contribution in [3.63, 3.8) is 0 Å². The van der Waals surface area contributed by atoms with Gasteiger partial charge < -0.3 is 11.1 Å². The number of benzene rings is 1. The van der Waals surface area contributed by atoms with Gasteiger partial charge >= 0.3 is 10.2 Å². The van der Waals surface area contributed by atoms with Crippen molar-refractivity contribution < 1.29 is 23.8 Å². The Balaban J connectivity index is 2.51. The Kier molecular flexibility index (Phi) is 3.08. The van der Waals surface area contributed by atoms with Crippen molar-refractivity contribution >= 4 is 43.6 Å². The molecule has 0 bridgehead atoms. The Morgan fingerprint density at radius 2 is 1.81 bits per heavy atom. The van der Waals surface area contributed by atoms with Crippen LogP contribution in [0.25, 0.3) is 0 Å². The summed E-state index contributed by atoms with van der Waals surface area (Å²) in [6.45, 7) is 0.00968. The summed E-state index contributed by atoms with van der Waals surface area (Å²) in [5.74, 6) is -1.61. The number of halogens is 7. The first-order chi connectivity index (χ1) is 9.26. The summed E-state index contributed by atoms with van der Waals surface area (Å²) >= 11 is 2.19. The number of hydrogen-bond donors (Lipinski definition) is 2. The highest BCUT2D eigenvalue weighted by Crippen LogP contribution is 3.02. The summed E-state index contributed by atoms with van der Waals surface area (Å²) in [5, 5.41) is 2.19. The maximum atomic E-state index is 13.5. The van der Waals surface area contributed by atoms with E-state index in [1.54, 1.807) is 0 Å². The highest BCUT2D eigenvalue weighted by molar-refractivity contribution is 9.10. The lowest BCUT2D eigenvalue weighted by Crippen LogP contribution is -2.13. The Morgan fingerprint density at radius 1 is 1.19 bits per heavy atom. The minimum absolute atomic E-state index is 0.00968. The van der Waals surface area contributed by atoms with Gasteiger partial charge in [0.05, 0.1) is 4.47 Å². The van der Waals surface area contributed by atoms with Crippen molar-refractivity contribution in [3.8, 4) is 0 Å². The summed E-state index contributed by atoms with van der Waals surface area (Å²) in [5.41, 5.74) is 4.72. The average molecular weight is 397 g/mol. The standard InChI is InChI=1S/C9H7BrF6N4S/c10-8-5(11)1-4(19-9-18-3-7(17)20-9)2-6(8)21(12,13,14,15)16/h1-2H,3H2,(H3,17,18,19,20). The number of anilines is 1. The van der Waals surface area contributed by atoms with Gasteiger partial charge in [-0.05, 0) is 28.1 Å². The first-order valence-corrected chi connectivity index (χ1v) is 7.88. The second-order valence-corrected chi connectivity index (χ2v) is 7.28. The summed E-state index contributed by atoms with van der Waals surface area (Å²) in [7, 11) is -10.1. The second-order valence-electron chi connectivity index (χ2n) is 4.11. The van der Waals surface area contributed by atoms with Gasteiger partial charge in [0.2, 0.25) is 5.96 Å². The molecule has 1 aliphatic rings. The zero-order valence-electron chi connectivity index (χ0n) is 9.89. The molecule has 4 nitrogen and oxygen atoms in total. The number of nitrogens with one attached hydrogen (secondary N) is 1. The number of rotatable bonds is 2. The minimum Gasteiger partial charge on any atom is -0.385 e. The third kappa shape index (κ3) is 3.61. The van der Waals surface area contributed by atoms with Crippen LogP contribution in [-0.2, 0) is 0 Å². The molecule has 0 radical (unpaired) electrons. The number of amidine groups is 1. The molecule has 2 rings (SSSR count). The number of nitrogens with zero attached hydrogens (tertiary/aromatic N) is 2. The van der Waals surface area contributed by atoms with Crippen molar-refractivity contribution in [2.75, 3.05) is 11.9 Å². The maximum absolute atomic E-state index is 13.5. The molecule has 0 spiro atoms. The molecule has 0 aromatic heterocycles. The van der Waals surface area contributed by atoms with Crippen LogP contribution in [0.3, 0.4) is 0 Å². The number of nitrogens with two attached hydrogens (primary N) is 1. The first-order valence-electron chi connectivity index (χ1n) is 5.14. The second kappa shape index (κ2) is 4.06. The Labute approximate surface area is 123 Å². The normalized spacial score (nSPS) is 18.6. The molecule has 0 atom stereocenters. The van der Waals surface area contributed by atoms with E-state index in [0.29, 0.717) is 6.07 Å². The maximum Gasteiger partial charge on any atom is 0.311 e. The molecule has 0 fully saturated rings. The highest BCUT2D eigenvalue weighted by Gasteiger charge is 2.67. The van der Waals surface area contributed by atoms with Crippen LogP contribution in [0.1, 0.15) is 0 Å². The van der Waals surface area contributed by atoms with E-state index in [-0.39, 0.29) is 24.4 Å². The highest BCUT2D eigenvalue weighted by atomic mass is 79.9. The van der Waals surface area contributed by atoms with Crippen LogP contribution in [0.5, 0.6) is 0 Å². The van der Waals surface area contributed by atoms with Gasteiger partial charge in [-0.1, -0.05) is 19.4 Å². The van der Waals surface area contributed by atoms with Crippen molar-refractivity contribution in [1.82, 2.24) is 0 Å². The zero-order chi connectivity index (χ0) is 16.1. The van der Waals surface area contributed by atoms with Gasteiger partial charge in [0, 0.05) is 5.69 Å². The van der Waals surface area contributed by atoms with Gasteiger partial charge in [-0.2, -0.15) is 4.99 Å². The van der Waals surface area contributed by atoms with Gasteiger partial charge in [0.25, 0.3) is 0 Å². The van der Waals surface area contributed by atoms with E-state index in [4.69, 9.17) is 5.73 Å². The summed E-state index contributed by atoms with van der Waals surface area (Å²) < 4.78 is 76.3. The Morgan fingerprint density at radius 3 is 2.29 bits per heavy atom. The predicted octanol–water partition coefficient (Wildman–Crippen LogP) is 4.38.